The van der Waals surface area contributed by atoms with E-state index in [-0.39, 0.29) is 11.9 Å². The minimum absolute atomic E-state index is 0.0240. The fourth-order valence-electron chi connectivity index (χ4n) is 3.58. The zero-order valence-electron chi connectivity index (χ0n) is 15.9. The van der Waals surface area contributed by atoms with Crippen LogP contribution in [-0.2, 0) is 0 Å². The van der Waals surface area contributed by atoms with E-state index in [4.69, 9.17) is 4.52 Å². The molecule has 1 atom stereocenters. The molecule has 5 heteroatoms. The lowest BCUT2D eigenvalue weighted by Gasteiger charge is -2.22. The highest BCUT2D eigenvalue weighted by Gasteiger charge is 2.34. The zero-order chi connectivity index (χ0) is 19.0. The van der Waals surface area contributed by atoms with Crippen LogP contribution in [-0.4, -0.2) is 27.5 Å². The molecule has 1 aliphatic rings. The van der Waals surface area contributed by atoms with Gasteiger partial charge >= 0.3 is 0 Å². The molecule has 0 unspecified atom stereocenters. The molecule has 2 heterocycles. The number of benzene rings is 2. The Balaban J connectivity index is 1.60. The van der Waals surface area contributed by atoms with Crippen LogP contribution >= 0.6 is 0 Å². The lowest BCUT2D eigenvalue weighted by molar-refractivity contribution is 0.0710. The summed E-state index contributed by atoms with van der Waals surface area (Å²) in [5.74, 6) is 1.11. The molecule has 0 radical (unpaired) electrons. The van der Waals surface area contributed by atoms with Crippen LogP contribution in [0.3, 0.4) is 0 Å². The number of aryl methyl sites for hydroxylation is 3. The summed E-state index contributed by atoms with van der Waals surface area (Å²) >= 11 is 0. The first-order chi connectivity index (χ1) is 13.0. The van der Waals surface area contributed by atoms with Crippen molar-refractivity contribution >= 4 is 5.91 Å². The second-order valence-electron chi connectivity index (χ2n) is 7.28. The minimum atomic E-state index is -0.162. The van der Waals surface area contributed by atoms with E-state index in [1.807, 2.05) is 68.1 Å². The van der Waals surface area contributed by atoms with Crippen molar-refractivity contribution in [1.29, 1.82) is 0 Å². The van der Waals surface area contributed by atoms with Gasteiger partial charge in [-0.3, -0.25) is 4.79 Å². The van der Waals surface area contributed by atoms with Crippen LogP contribution in [0.15, 0.2) is 47.0 Å². The predicted molar refractivity (Wildman–Crippen MR) is 103 cm³/mol. The lowest BCUT2D eigenvalue weighted by atomic mass is 10.1. The lowest BCUT2D eigenvalue weighted by Crippen LogP contribution is -2.30. The molecule has 5 nitrogen and oxygen atoms in total. The molecule has 27 heavy (non-hydrogen) atoms. The number of amides is 1. The summed E-state index contributed by atoms with van der Waals surface area (Å²) < 4.78 is 5.55. The molecule has 4 rings (SSSR count). The largest absolute Gasteiger partial charge is 0.337 e. The number of rotatable bonds is 3. The second-order valence-corrected chi connectivity index (χ2v) is 7.28. The highest BCUT2D eigenvalue weighted by molar-refractivity contribution is 5.95. The number of likely N-dealkylation sites (tertiary alicyclic amines) is 1. The predicted octanol–water partition coefficient (Wildman–Crippen LogP) is 4.64. The van der Waals surface area contributed by atoms with E-state index < -0.39 is 0 Å². The van der Waals surface area contributed by atoms with Crippen molar-refractivity contribution in [3.63, 3.8) is 0 Å². The molecule has 1 saturated heterocycles. The molecule has 0 spiro atoms. The van der Waals surface area contributed by atoms with E-state index in [9.17, 15) is 4.79 Å². The summed E-state index contributed by atoms with van der Waals surface area (Å²) in [6.07, 6.45) is 1.77. The quantitative estimate of drug-likeness (QED) is 0.682. The van der Waals surface area contributed by atoms with Crippen molar-refractivity contribution in [2.75, 3.05) is 6.54 Å². The number of hydrogen-bond donors (Lipinski definition) is 0. The Bertz CT molecular complexity index is 993. The molecule has 0 aliphatic carbocycles. The molecule has 0 saturated carbocycles. The Morgan fingerprint density at radius 3 is 2.74 bits per heavy atom. The molecule has 0 N–H and O–H groups in total. The van der Waals surface area contributed by atoms with Gasteiger partial charge in [0.25, 0.3) is 5.91 Å². The van der Waals surface area contributed by atoms with Gasteiger partial charge in [0.15, 0.2) is 0 Å². The highest BCUT2D eigenvalue weighted by Crippen LogP contribution is 2.33. The highest BCUT2D eigenvalue weighted by atomic mass is 16.5. The van der Waals surface area contributed by atoms with E-state index >= 15 is 0 Å². The summed E-state index contributed by atoms with van der Waals surface area (Å²) in [5, 5.41) is 4.14. The van der Waals surface area contributed by atoms with Gasteiger partial charge in [-0.25, -0.2) is 0 Å². The molecule has 1 aliphatic heterocycles. The Kier molecular flexibility index (Phi) is 4.52. The molecular formula is C22H23N3O2. The maximum absolute atomic E-state index is 13.1. The average molecular weight is 361 g/mol. The van der Waals surface area contributed by atoms with Gasteiger partial charge in [-0.2, -0.15) is 4.98 Å². The maximum atomic E-state index is 13.1. The van der Waals surface area contributed by atoms with Gasteiger partial charge in [0.1, 0.15) is 6.04 Å². The zero-order valence-corrected chi connectivity index (χ0v) is 15.9. The molecule has 138 valence electrons. The van der Waals surface area contributed by atoms with E-state index in [0.717, 1.165) is 29.5 Å². The summed E-state index contributed by atoms with van der Waals surface area (Å²) in [6.45, 7) is 6.82. The second kappa shape index (κ2) is 6.99. The maximum Gasteiger partial charge on any atom is 0.254 e. The molecule has 1 fully saturated rings. The standard InChI is InChI=1S/C22H23N3O2/c1-14-6-4-7-17(12-14)20-23-21(27-24-20)19-8-5-11-25(19)22(26)18-10-9-15(2)16(3)13-18/h4,6-7,9-10,12-13,19H,5,8,11H2,1-3H3/t19-/m0/s1. The minimum Gasteiger partial charge on any atom is -0.337 e. The molecular weight excluding hydrogens is 338 g/mol. The Morgan fingerprint density at radius 1 is 1.11 bits per heavy atom. The van der Waals surface area contributed by atoms with E-state index in [2.05, 4.69) is 10.1 Å². The van der Waals surface area contributed by atoms with Crippen molar-refractivity contribution in [3.8, 4) is 11.4 Å². The third-order valence-corrected chi connectivity index (χ3v) is 5.27. The van der Waals surface area contributed by atoms with Gasteiger partial charge in [-0.1, -0.05) is 35.0 Å². The Hall–Kier alpha value is -2.95. The molecule has 3 aromatic rings. The van der Waals surface area contributed by atoms with Crippen LogP contribution in [0.5, 0.6) is 0 Å². The number of aromatic nitrogens is 2. The third kappa shape index (κ3) is 3.37. The molecule has 1 aromatic heterocycles. The van der Waals surface area contributed by atoms with Crippen molar-refractivity contribution in [2.45, 2.75) is 39.7 Å². The van der Waals surface area contributed by atoms with Crippen LogP contribution in [0.25, 0.3) is 11.4 Å². The first-order valence-electron chi connectivity index (χ1n) is 9.32. The normalized spacial score (nSPS) is 16.7. The summed E-state index contributed by atoms with van der Waals surface area (Å²) in [7, 11) is 0. The number of hydrogen-bond acceptors (Lipinski definition) is 4. The topological polar surface area (TPSA) is 59.2 Å². The van der Waals surface area contributed by atoms with Crippen LogP contribution < -0.4 is 0 Å². The van der Waals surface area contributed by atoms with Crippen molar-refractivity contribution in [2.24, 2.45) is 0 Å². The molecule has 2 aromatic carbocycles. The number of nitrogens with zero attached hydrogens (tertiary/aromatic N) is 3. The fourth-order valence-corrected chi connectivity index (χ4v) is 3.58. The Morgan fingerprint density at radius 2 is 1.96 bits per heavy atom. The molecule has 1 amide bonds. The molecule has 0 bridgehead atoms. The van der Waals surface area contributed by atoms with Crippen LogP contribution in [0.2, 0.25) is 0 Å². The van der Waals surface area contributed by atoms with Gasteiger partial charge in [-0.05, 0) is 62.9 Å². The summed E-state index contributed by atoms with van der Waals surface area (Å²) in [6, 6.07) is 13.7. The monoisotopic (exact) mass is 361 g/mol. The van der Waals surface area contributed by atoms with Crippen molar-refractivity contribution in [3.05, 3.63) is 70.6 Å². The first-order valence-corrected chi connectivity index (χ1v) is 9.32. The van der Waals surface area contributed by atoms with Crippen molar-refractivity contribution in [1.82, 2.24) is 15.0 Å². The summed E-state index contributed by atoms with van der Waals surface area (Å²) in [5.41, 5.74) is 5.09. The third-order valence-electron chi connectivity index (χ3n) is 5.27. The number of carbonyl (C=O) groups excluding carboxylic acids is 1. The van der Waals surface area contributed by atoms with Gasteiger partial charge < -0.3 is 9.42 Å². The van der Waals surface area contributed by atoms with Crippen LogP contribution in [0, 0.1) is 20.8 Å². The van der Waals surface area contributed by atoms with E-state index in [0.29, 0.717) is 23.8 Å². The SMILES string of the molecule is Cc1cccc(-c2noc([C@@H]3CCCN3C(=O)c3ccc(C)c(C)c3)n2)c1. The fraction of sp³-hybridized carbons (Fsp3) is 0.318. The van der Waals surface area contributed by atoms with Crippen molar-refractivity contribution < 1.29 is 9.32 Å². The smallest absolute Gasteiger partial charge is 0.254 e. The number of carbonyl (C=O) groups is 1. The van der Waals surface area contributed by atoms with Gasteiger partial charge in [0, 0.05) is 17.7 Å². The Labute approximate surface area is 159 Å². The summed E-state index contributed by atoms with van der Waals surface area (Å²) in [4.78, 5) is 19.5. The van der Waals surface area contributed by atoms with E-state index in [1.54, 1.807) is 0 Å². The van der Waals surface area contributed by atoms with Gasteiger partial charge in [0.2, 0.25) is 11.7 Å². The van der Waals surface area contributed by atoms with Gasteiger partial charge in [0.05, 0.1) is 0 Å². The van der Waals surface area contributed by atoms with Gasteiger partial charge in [-0.15, -0.1) is 0 Å². The van der Waals surface area contributed by atoms with Crippen LogP contribution in [0.4, 0.5) is 0 Å². The van der Waals surface area contributed by atoms with Crippen LogP contribution in [0.1, 0.15) is 51.8 Å². The average Bonchev–Trinajstić information content (AvgIpc) is 3.32. The first kappa shape index (κ1) is 17.5. The van der Waals surface area contributed by atoms with E-state index in [1.165, 1.54) is 5.56 Å².